The second-order valence-electron chi connectivity index (χ2n) is 3.68. The summed E-state index contributed by atoms with van der Waals surface area (Å²) < 4.78 is 38.4. The highest BCUT2D eigenvalue weighted by Gasteiger charge is 2.31. The molecule has 0 bridgehead atoms. The summed E-state index contributed by atoms with van der Waals surface area (Å²) >= 11 is 14.6. The average Bonchev–Trinajstić information content (AvgIpc) is 2.33. The molecule has 3 nitrogen and oxygen atoms in total. The number of nitrogens with zero attached hydrogens (tertiary/aromatic N) is 2. The minimum absolute atomic E-state index is 0.0430. The summed E-state index contributed by atoms with van der Waals surface area (Å²) in [7, 11) is 0. The molecule has 0 radical (unpaired) electrons. The Morgan fingerprint density at radius 1 is 1.10 bits per heavy atom. The van der Waals surface area contributed by atoms with Gasteiger partial charge in [0.2, 0.25) is 0 Å². The fourth-order valence-electron chi connectivity index (χ4n) is 1.40. The van der Waals surface area contributed by atoms with Crippen molar-refractivity contribution < 1.29 is 13.2 Å². The van der Waals surface area contributed by atoms with Crippen molar-refractivity contribution in [3.8, 4) is 0 Å². The SMILES string of the molecule is FC(F)(F)c1cc(Cl)cc(Nc2ncnc(Cl)c2Br)c1. The van der Waals surface area contributed by atoms with E-state index in [4.69, 9.17) is 23.2 Å². The summed E-state index contributed by atoms with van der Waals surface area (Å²) in [6.45, 7) is 0. The first kappa shape index (κ1) is 15.3. The molecular weight excluding hydrogens is 382 g/mol. The zero-order chi connectivity index (χ0) is 14.9. The van der Waals surface area contributed by atoms with Gasteiger partial charge in [0.05, 0.1) is 10.0 Å². The molecule has 0 aliphatic carbocycles. The third-order valence-corrected chi connectivity index (χ3v) is 3.72. The van der Waals surface area contributed by atoms with Gasteiger partial charge in [-0.05, 0) is 34.1 Å². The summed E-state index contributed by atoms with van der Waals surface area (Å²) in [6.07, 6.45) is -3.30. The molecule has 0 aliphatic rings. The number of alkyl halides is 3. The van der Waals surface area contributed by atoms with Crippen molar-refractivity contribution in [3.63, 3.8) is 0 Å². The van der Waals surface area contributed by atoms with Crippen LogP contribution in [0.3, 0.4) is 0 Å². The molecule has 0 atom stereocenters. The first-order valence-corrected chi connectivity index (χ1v) is 6.63. The monoisotopic (exact) mass is 385 g/mol. The van der Waals surface area contributed by atoms with E-state index in [0.29, 0.717) is 4.47 Å². The van der Waals surface area contributed by atoms with E-state index < -0.39 is 11.7 Å². The highest BCUT2D eigenvalue weighted by atomic mass is 79.9. The fraction of sp³-hybridized carbons (Fsp3) is 0.0909. The molecule has 0 fully saturated rings. The van der Waals surface area contributed by atoms with Crippen LogP contribution in [0.1, 0.15) is 5.56 Å². The van der Waals surface area contributed by atoms with Gasteiger partial charge in [-0.25, -0.2) is 9.97 Å². The molecule has 0 saturated carbocycles. The van der Waals surface area contributed by atoms with Crippen LogP contribution in [-0.2, 0) is 6.18 Å². The maximum atomic E-state index is 12.7. The number of anilines is 2. The van der Waals surface area contributed by atoms with Crippen molar-refractivity contribution in [1.29, 1.82) is 0 Å². The van der Waals surface area contributed by atoms with Gasteiger partial charge in [-0.2, -0.15) is 13.2 Å². The number of halogens is 6. The van der Waals surface area contributed by atoms with Crippen molar-refractivity contribution >= 4 is 50.6 Å². The Balaban J connectivity index is 2.39. The van der Waals surface area contributed by atoms with Crippen LogP contribution in [-0.4, -0.2) is 9.97 Å². The average molecular weight is 387 g/mol. The highest BCUT2D eigenvalue weighted by molar-refractivity contribution is 9.10. The van der Waals surface area contributed by atoms with Gasteiger partial charge in [-0.1, -0.05) is 23.2 Å². The predicted molar refractivity (Wildman–Crippen MR) is 74.5 cm³/mol. The van der Waals surface area contributed by atoms with Crippen LogP contribution in [0.4, 0.5) is 24.7 Å². The largest absolute Gasteiger partial charge is 0.416 e. The van der Waals surface area contributed by atoms with Crippen molar-refractivity contribution in [2.24, 2.45) is 0 Å². The van der Waals surface area contributed by atoms with E-state index in [1.807, 2.05) is 0 Å². The molecule has 2 aromatic rings. The van der Waals surface area contributed by atoms with E-state index in [0.717, 1.165) is 12.1 Å². The molecule has 1 N–H and O–H groups in total. The first-order valence-electron chi connectivity index (χ1n) is 5.08. The van der Waals surface area contributed by atoms with Gasteiger partial charge in [-0.15, -0.1) is 0 Å². The van der Waals surface area contributed by atoms with E-state index in [9.17, 15) is 13.2 Å². The van der Waals surface area contributed by atoms with Crippen LogP contribution >= 0.6 is 39.1 Å². The van der Waals surface area contributed by atoms with E-state index in [-0.39, 0.29) is 21.7 Å². The summed E-state index contributed by atoms with van der Waals surface area (Å²) in [5.41, 5.74) is -0.718. The lowest BCUT2D eigenvalue weighted by molar-refractivity contribution is -0.137. The lowest BCUT2D eigenvalue weighted by atomic mass is 10.2. The summed E-state index contributed by atoms with van der Waals surface area (Å²) in [5, 5.41) is 2.80. The Kier molecular flexibility index (Phi) is 4.41. The predicted octanol–water partition coefficient (Wildman–Crippen LogP) is 5.31. The smallest absolute Gasteiger partial charge is 0.339 e. The molecule has 106 valence electrons. The maximum absolute atomic E-state index is 12.7. The molecule has 2 rings (SSSR count). The number of aromatic nitrogens is 2. The standard InChI is InChI=1S/C11H5BrCl2F3N3/c12-8-9(14)18-4-19-10(8)20-7-2-5(11(15,16)17)1-6(13)3-7/h1-4H,(H,18,19,20). The maximum Gasteiger partial charge on any atom is 0.416 e. The van der Waals surface area contributed by atoms with Gasteiger partial charge in [0.1, 0.15) is 17.3 Å². The lowest BCUT2D eigenvalue weighted by Gasteiger charge is -2.12. The third kappa shape index (κ3) is 3.53. The van der Waals surface area contributed by atoms with Crippen molar-refractivity contribution in [2.75, 3.05) is 5.32 Å². The molecule has 0 amide bonds. The summed E-state index contributed by atoms with van der Waals surface area (Å²) in [4.78, 5) is 7.59. The Morgan fingerprint density at radius 3 is 2.45 bits per heavy atom. The van der Waals surface area contributed by atoms with Crippen LogP contribution in [0.25, 0.3) is 0 Å². The lowest BCUT2D eigenvalue weighted by Crippen LogP contribution is -2.06. The van der Waals surface area contributed by atoms with Crippen LogP contribution in [0.2, 0.25) is 10.2 Å². The molecule has 0 unspecified atom stereocenters. The molecule has 1 aromatic heterocycles. The molecule has 20 heavy (non-hydrogen) atoms. The Morgan fingerprint density at radius 2 is 1.80 bits per heavy atom. The zero-order valence-electron chi connectivity index (χ0n) is 9.47. The summed E-state index contributed by atoms with van der Waals surface area (Å²) in [5.74, 6) is 0.236. The third-order valence-electron chi connectivity index (χ3n) is 2.23. The minimum atomic E-state index is -4.48. The highest BCUT2D eigenvalue weighted by Crippen LogP contribution is 2.35. The van der Waals surface area contributed by atoms with Crippen molar-refractivity contribution in [2.45, 2.75) is 6.18 Å². The number of benzene rings is 1. The molecule has 0 spiro atoms. The number of hydrogen-bond acceptors (Lipinski definition) is 3. The number of nitrogens with one attached hydrogen (secondary N) is 1. The number of hydrogen-bond donors (Lipinski definition) is 1. The van der Waals surface area contributed by atoms with Crippen LogP contribution in [0.15, 0.2) is 29.0 Å². The summed E-state index contributed by atoms with van der Waals surface area (Å²) in [6, 6.07) is 3.11. The molecule has 0 saturated heterocycles. The van der Waals surface area contributed by atoms with E-state index >= 15 is 0 Å². The van der Waals surface area contributed by atoms with Gasteiger partial charge in [-0.3, -0.25) is 0 Å². The molecule has 9 heteroatoms. The second-order valence-corrected chi connectivity index (χ2v) is 5.27. The van der Waals surface area contributed by atoms with Gasteiger partial charge in [0.25, 0.3) is 0 Å². The van der Waals surface area contributed by atoms with E-state index in [1.54, 1.807) is 0 Å². The first-order chi connectivity index (χ1) is 9.27. The Bertz CT molecular complexity index is 649. The van der Waals surface area contributed by atoms with Crippen molar-refractivity contribution in [1.82, 2.24) is 9.97 Å². The van der Waals surface area contributed by atoms with Gasteiger partial charge in [0, 0.05) is 10.7 Å². The van der Waals surface area contributed by atoms with Gasteiger partial charge >= 0.3 is 6.18 Å². The van der Waals surface area contributed by atoms with Crippen LogP contribution < -0.4 is 5.32 Å². The van der Waals surface area contributed by atoms with Crippen molar-refractivity contribution in [3.05, 3.63) is 44.7 Å². The second kappa shape index (κ2) is 5.75. The number of rotatable bonds is 2. The zero-order valence-corrected chi connectivity index (χ0v) is 12.6. The van der Waals surface area contributed by atoms with Crippen LogP contribution in [0, 0.1) is 0 Å². The molecule has 1 aromatic carbocycles. The normalized spacial score (nSPS) is 11.5. The van der Waals surface area contributed by atoms with E-state index in [2.05, 4.69) is 31.2 Å². The van der Waals surface area contributed by atoms with Gasteiger partial charge < -0.3 is 5.32 Å². The molecular formula is C11H5BrCl2F3N3. The van der Waals surface area contributed by atoms with Gasteiger partial charge in [0.15, 0.2) is 0 Å². The molecule has 1 heterocycles. The fourth-order valence-corrected chi connectivity index (χ4v) is 2.07. The topological polar surface area (TPSA) is 37.8 Å². The van der Waals surface area contributed by atoms with Crippen LogP contribution in [0.5, 0.6) is 0 Å². The Hall–Kier alpha value is -1.05. The Labute approximate surface area is 130 Å². The quantitative estimate of drug-likeness (QED) is 0.711. The minimum Gasteiger partial charge on any atom is -0.339 e. The van der Waals surface area contributed by atoms with E-state index in [1.165, 1.54) is 12.4 Å². The molecule has 0 aliphatic heterocycles.